The van der Waals surface area contributed by atoms with Crippen LogP contribution in [0, 0.1) is 0 Å². The lowest BCUT2D eigenvalue weighted by Gasteiger charge is -2.25. The summed E-state index contributed by atoms with van der Waals surface area (Å²) < 4.78 is 0. The Morgan fingerprint density at radius 2 is 1.82 bits per heavy atom. The predicted molar refractivity (Wildman–Crippen MR) is 118 cm³/mol. The SMILES string of the molecule is CN(C)c1nc2ccccc2cc1CN(Cc1cccnc1)Cc1cccs1. The van der Waals surface area contributed by atoms with Gasteiger partial charge in [0.1, 0.15) is 5.82 Å². The summed E-state index contributed by atoms with van der Waals surface area (Å²) in [7, 11) is 4.12. The maximum atomic E-state index is 4.92. The minimum absolute atomic E-state index is 0.831. The Balaban J connectivity index is 1.67. The Hall–Kier alpha value is -2.76. The van der Waals surface area contributed by atoms with Gasteiger partial charge >= 0.3 is 0 Å². The molecule has 3 heterocycles. The molecule has 0 aliphatic rings. The van der Waals surface area contributed by atoms with Crippen LogP contribution in [0.2, 0.25) is 0 Å². The standard InChI is InChI=1S/C23H24N4S/c1-26(2)23-20(13-19-8-3-4-10-22(19)25-23)16-27(17-21-9-6-12-28-21)15-18-7-5-11-24-14-18/h3-14H,15-17H2,1-2H3. The third-order valence-corrected chi connectivity index (χ3v) is 5.55. The van der Waals surface area contributed by atoms with Crippen LogP contribution >= 0.6 is 11.3 Å². The number of thiophene rings is 1. The molecular weight excluding hydrogens is 364 g/mol. The minimum atomic E-state index is 0.831. The molecule has 4 aromatic rings. The average Bonchev–Trinajstić information content (AvgIpc) is 3.21. The van der Waals surface area contributed by atoms with Gasteiger partial charge in [-0.05, 0) is 35.2 Å². The molecule has 5 heteroatoms. The minimum Gasteiger partial charge on any atom is -0.362 e. The van der Waals surface area contributed by atoms with E-state index in [4.69, 9.17) is 4.98 Å². The van der Waals surface area contributed by atoms with Crippen molar-refractivity contribution < 1.29 is 0 Å². The van der Waals surface area contributed by atoms with E-state index in [9.17, 15) is 0 Å². The van der Waals surface area contributed by atoms with E-state index in [0.717, 1.165) is 31.0 Å². The second kappa shape index (κ2) is 8.50. The highest BCUT2D eigenvalue weighted by Gasteiger charge is 2.15. The topological polar surface area (TPSA) is 32.3 Å². The second-order valence-electron chi connectivity index (χ2n) is 7.14. The van der Waals surface area contributed by atoms with Crippen molar-refractivity contribution in [2.75, 3.05) is 19.0 Å². The Bertz CT molecular complexity index is 1030. The Morgan fingerprint density at radius 1 is 0.929 bits per heavy atom. The van der Waals surface area contributed by atoms with Gasteiger partial charge in [0.05, 0.1) is 5.52 Å². The van der Waals surface area contributed by atoms with Gasteiger partial charge in [0, 0.05) is 62.0 Å². The number of anilines is 1. The lowest BCUT2D eigenvalue weighted by Crippen LogP contribution is -2.24. The molecule has 0 bridgehead atoms. The van der Waals surface area contributed by atoms with Crippen LogP contribution in [-0.4, -0.2) is 29.0 Å². The number of pyridine rings is 2. The number of para-hydroxylation sites is 1. The highest BCUT2D eigenvalue weighted by atomic mass is 32.1. The molecule has 0 unspecified atom stereocenters. The number of hydrogen-bond donors (Lipinski definition) is 0. The third-order valence-electron chi connectivity index (χ3n) is 4.69. The molecule has 0 amide bonds. The summed E-state index contributed by atoms with van der Waals surface area (Å²) in [6.45, 7) is 2.59. The van der Waals surface area contributed by atoms with Crippen LogP contribution < -0.4 is 4.90 Å². The molecule has 0 saturated heterocycles. The molecule has 0 spiro atoms. The Kier molecular flexibility index (Phi) is 5.65. The fourth-order valence-corrected chi connectivity index (χ4v) is 4.18. The quantitative estimate of drug-likeness (QED) is 0.448. The van der Waals surface area contributed by atoms with Crippen LogP contribution in [0.1, 0.15) is 16.0 Å². The van der Waals surface area contributed by atoms with Crippen LogP contribution in [0.5, 0.6) is 0 Å². The lowest BCUT2D eigenvalue weighted by molar-refractivity contribution is 0.250. The zero-order chi connectivity index (χ0) is 19.3. The molecule has 0 atom stereocenters. The van der Waals surface area contributed by atoms with Crippen molar-refractivity contribution in [3.05, 3.63) is 88.4 Å². The van der Waals surface area contributed by atoms with Gasteiger partial charge in [-0.25, -0.2) is 4.98 Å². The van der Waals surface area contributed by atoms with Crippen molar-refractivity contribution >= 4 is 28.1 Å². The first-order valence-corrected chi connectivity index (χ1v) is 10.3. The zero-order valence-corrected chi connectivity index (χ0v) is 17.1. The second-order valence-corrected chi connectivity index (χ2v) is 8.18. The molecule has 0 fully saturated rings. The van der Waals surface area contributed by atoms with Gasteiger partial charge in [0.15, 0.2) is 0 Å². The first-order chi connectivity index (χ1) is 13.7. The molecular formula is C23H24N4S. The highest BCUT2D eigenvalue weighted by Crippen LogP contribution is 2.25. The van der Waals surface area contributed by atoms with E-state index in [-0.39, 0.29) is 0 Å². The highest BCUT2D eigenvalue weighted by molar-refractivity contribution is 7.09. The van der Waals surface area contributed by atoms with Crippen LogP contribution in [0.4, 0.5) is 5.82 Å². The number of rotatable bonds is 7. The molecule has 1 aromatic carbocycles. The molecule has 0 aliphatic carbocycles. The third kappa shape index (κ3) is 4.38. The molecule has 0 radical (unpaired) electrons. The van der Waals surface area contributed by atoms with Crippen LogP contribution in [0.3, 0.4) is 0 Å². The van der Waals surface area contributed by atoms with Gasteiger partial charge in [-0.15, -0.1) is 11.3 Å². The zero-order valence-electron chi connectivity index (χ0n) is 16.2. The van der Waals surface area contributed by atoms with Crippen molar-refractivity contribution in [1.82, 2.24) is 14.9 Å². The smallest absolute Gasteiger partial charge is 0.133 e. The maximum absolute atomic E-state index is 4.92. The normalized spacial score (nSPS) is 11.2. The van der Waals surface area contributed by atoms with Crippen LogP contribution in [0.25, 0.3) is 10.9 Å². The first kappa shape index (κ1) is 18.6. The van der Waals surface area contributed by atoms with Crippen LogP contribution in [0.15, 0.2) is 72.4 Å². The molecule has 3 aromatic heterocycles. The first-order valence-electron chi connectivity index (χ1n) is 9.38. The Labute approximate surface area is 170 Å². The van der Waals surface area contributed by atoms with E-state index in [1.54, 1.807) is 11.3 Å². The van der Waals surface area contributed by atoms with Gasteiger partial charge in [-0.3, -0.25) is 9.88 Å². The van der Waals surface area contributed by atoms with Crippen LogP contribution in [-0.2, 0) is 19.6 Å². The predicted octanol–water partition coefficient (Wildman–Crippen LogP) is 4.96. The van der Waals surface area contributed by atoms with Gasteiger partial charge in [0.2, 0.25) is 0 Å². The number of hydrogen-bond acceptors (Lipinski definition) is 5. The molecule has 0 aliphatic heterocycles. The fourth-order valence-electron chi connectivity index (χ4n) is 3.43. The summed E-state index contributed by atoms with van der Waals surface area (Å²) in [5, 5.41) is 3.32. The lowest BCUT2D eigenvalue weighted by atomic mass is 10.1. The average molecular weight is 389 g/mol. The number of nitrogens with zero attached hydrogens (tertiary/aromatic N) is 4. The van der Waals surface area contributed by atoms with E-state index in [0.29, 0.717) is 0 Å². The summed E-state index contributed by atoms with van der Waals surface area (Å²) >= 11 is 1.80. The maximum Gasteiger partial charge on any atom is 0.133 e. The Morgan fingerprint density at radius 3 is 2.57 bits per heavy atom. The molecule has 0 saturated carbocycles. The number of benzene rings is 1. The molecule has 4 nitrogen and oxygen atoms in total. The monoisotopic (exact) mass is 388 g/mol. The van der Waals surface area contributed by atoms with E-state index in [1.807, 2.05) is 24.5 Å². The summed E-state index contributed by atoms with van der Waals surface area (Å²) in [4.78, 5) is 15.1. The molecule has 28 heavy (non-hydrogen) atoms. The largest absolute Gasteiger partial charge is 0.362 e. The van der Waals surface area contributed by atoms with E-state index in [2.05, 4.69) is 76.7 Å². The van der Waals surface area contributed by atoms with Gasteiger partial charge in [-0.2, -0.15) is 0 Å². The van der Waals surface area contributed by atoms with Crippen molar-refractivity contribution in [3.63, 3.8) is 0 Å². The summed E-state index contributed by atoms with van der Waals surface area (Å²) in [6, 6.07) is 19.1. The summed E-state index contributed by atoms with van der Waals surface area (Å²) in [6.07, 6.45) is 3.78. The van der Waals surface area contributed by atoms with Crippen molar-refractivity contribution in [2.45, 2.75) is 19.6 Å². The summed E-state index contributed by atoms with van der Waals surface area (Å²) in [5.74, 6) is 1.03. The number of aromatic nitrogens is 2. The van der Waals surface area contributed by atoms with E-state index >= 15 is 0 Å². The van der Waals surface area contributed by atoms with Crippen molar-refractivity contribution in [2.24, 2.45) is 0 Å². The van der Waals surface area contributed by atoms with Gasteiger partial charge < -0.3 is 4.90 Å². The van der Waals surface area contributed by atoms with Gasteiger partial charge in [0.25, 0.3) is 0 Å². The summed E-state index contributed by atoms with van der Waals surface area (Å²) in [5.41, 5.74) is 3.50. The van der Waals surface area contributed by atoms with E-state index in [1.165, 1.54) is 21.4 Å². The molecule has 0 N–H and O–H groups in total. The van der Waals surface area contributed by atoms with Gasteiger partial charge in [-0.1, -0.05) is 30.3 Å². The van der Waals surface area contributed by atoms with Crippen molar-refractivity contribution in [1.29, 1.82) is 0 Å². The number of fused-ring (bicyclic) bond motifs is 1. The molecule has 4 rings (SSSR count). The molecule has 142 valence electrons. The fraction of sp³-hybridized carbons (Fsp3) is 0.217. The van der Waals surface area contributed by atoms with E-state index < -0.39 is 0 Å². The van der Waals surface area contributed by atoms with Crippen molar-refractivity contribution in [3.8, 4) is 0 Å².